The van der Waals surface area contributed by atoms with E-state index in [4.69, 9.17) is 5.11 Å². The molecule has 94 valence electrons. The predicted molar refractivity (Wildman–Crippen MR) is 65.4 cm³/mol. The molecule has 1 rings (SSSR count). The van der Waals surface area contributed by atoms with E-state index < -0.39 is 5.97 Å². The Balaban J connectivity index is 2.56. The number of carboxylic acids is 1. The maximum Gasteiger partial charge on any atom is 0.306 e. The van der Waals surface area contributed by atoms with Crippen LogP contribution in [-0.4, -0.2) is 34.6 Å². The van der Waals surface area contributed by atoms with Crippen molar-refractivity contribution in [1.29, 1.82) is 0 Å². The quantitative estimate of drug-likeness (QED) is 0.802. The Kier molecular flexibility index (Phi) is 4.78. The van der Waals surface area contributed by atoms with E-state index in [0.717, 1.165) is 19.4 Å². The van der Waals surface area contributed by atoms with E-state index in [-0.39, 0.29) is 5.92 Å². The molecule has 0 aromatic rings. The van der Waals surface area contributed by atoms with Gasteiger partial charge in [0.05, 0.1) is 5.92 Å². The van der Waals surface area contributed by atoms with Gasteiger partial charge in [-0.05, 0) is 39.2 Å². The van der Waals surface area contributed by atoms with Crippen molar-refractivity contribution in [2.45, 2.75) is 59.0 Å². The molecule has 1 heterocycles. The normalized spacial score (nSPS) is 31.0. The molecule has 1 N–H and O–H groups in total. The highest BCUT2D eigenvalue weighted by atomic mass is 16.4. The first-order valence-electron chi connectivity index (χ1n) is 6.45. The molecule has 0 spiro atoms. The third-order valence-electron chi connectivity index (χ3n) is 4.27. The van der Waals surface area contributed by atoms with Gasteiger partial charge in [0.1, 0.15) is 0 Å². The summed E-state index contributed by atoms with van der Waals surface area (Å²) in [5.41, 5.74) is 0. The van der Waals surface area contributed by atoms with Crippen LogP contribution in [0.25, 0.3) is 0 Å². The van der Waals surface area contributed by atoms with E-state index in [1.807, 2.05) is 0 Å². The third-order valence-corrected chi connectivity index (χ3v) is 4.27. The summed E-state index contributed by atoms with van der Waals surface area (Å²) in [6.07, 6.45) is 2.79. The van der Waals surface area contributed by atoms with Crippen molar-refractivity contribution in [3.05, 3.63) is 0 Å². The molecule has 0 amide bonds. The van der Waals surface area contributed by atoms with Crippen LogP contribution in [0.1, 0.15) is 47.0 Å². The summed E-state index contributed by atoms with van der Waals surface area (Å²) in [5.74, 6) is -0.0677. The van der Waals surface area contributed by atoms with E-state index in [1.165, 1.54) is 6.42 Å². The summed E-state index contributed by atoms with van der Waals surface area (Å²) in [6, 6.07) is 0.966. The van der Waals surface area contributed by atoms with Gasteiger partial charge in [-0.1, -0.05) is 20.3 Å². The number of rotatable bonds is 4. The average molecular weight is 227 g/mol. The van der Waals surface area contributed by atoms with Crippen LogP contribution in [0.2, 0.25) is 0 Å². The average Bonchev–Trinajstić information content (AvgIpc) is 2.26. The van der Waals surface area contributed by atoms with Crippen molar-refractivity contribution in [2.75, 3.05) is 6.54 Å². The molecule has 16 heavy (non-hydrogen) atoms. The van der Waals surface area contributed by atoms with Gasteiger partial charge in [-0.15, -0.1) is 0 Å². The van der Waals surface area contributed by atoms with Gasteiger partial charge in [0.25, 0.3) is 0 Å². The highest BCUT2D eigenvalue weighted by Gasteiger charge is 2.32. The maximum atomic E-state index is 10.9. The van der Waals surface area contributed by atoms with Crippen molar-refractivity contribution in [2.24, 2.45) is 11.8 Å². The van der Waals surface area contributed by atoms with E-state index >= 15 is 0 Å². The molecule has 3 heteroatoms. The lowest BCUT2D eigenvalue weighted by Crippen LogP contribution is -2.49. The summed E-state index contributed by atoms with van der Waals surface area (Å²) in [6.45, 7) is 9.86. The Hall–Kier alpha value is -0.570. The van der Waals surface area contributed by atoms with Gasteiger partial charge < -0.3 is 5.11 Å². The van der Waals surface area contributed by atoms with E-state index in [0.29, 0.717) is 18.0 Å². The summed E-state index contributed by atoms with van der Waals surface area (Å²) >= 11 is 0. The predicted octanol–water partition coefficient (Wildman–Crippen LogP) is 2.61. The largest absolute Gasteiger partial charge is 0.481 e. The Morgan fingerprint density at radius 3 is 2.56 bits per heavy atom. The molecule has 1 saturated heterocycles. The maximum absolute atomic E-state index is 10.9. The van der Waals surface area contributed by atoms with Gasteiger partial charge in [-0.3, -0.25) is 9.69 Å². The Morgan fingerprint density at radius 1 is 1.50 bits per heavy atom. The highest BCUT2D eigenvalue weighted by Crippen LogP contribution is 2.27. The van der Waals surface area contributed by atoms with Crippen molar-refractivity contribution in [3.63, 3.8) is 0 Å². The molecule has 0 radical (unpaired) electrons. The monoisotopic (exact) mass is 227 g/mol. The topological polar surface area (TPSA) is 40.5 Å². The van der Waals surface area contributed by atoms with Crippen LogP contribution in [0.3, 0.4) is 0 Å². The standard InChI is InChI=1S/C13H25NO2/c1-5-9(2)11(4)14-7-6-12(13(15)16)8-10(14)3/h9-12H,5-8H2,1-4H3,(H,15,16). The van der Waals surface area contributed by atoms with Gasteiger partial charge in [-0.2, -0.15) is 0 Å². The summed E-state index contributed by atoms with van der Waals surface area (Å²) in [4.78, 5) is 13.4. The lowest BCUT2D eigenvalue weighted by atomic mass is 9.88. The minimum atomic E-state index is -0.623. The number of carbonyl (C=O) groups is 1. The lowest BCUT2D eigenvalue weighted by molar-refractivity contribution is -0.144. The Bertz CT molecular complexity index is 242. The second-order valence-electron chi connectivity index (χ2n) is 5.27. The Morgan fingerprint density at radius 2 is 2.12 bits per heavy atom. The first-order valence-corrected chi connectivity index (χ1v) is 6.45. The SMILES string of the molecule is CCC(C)C(C)N1CCC(C(=O)O)CC1C. The van der Waals surface area contributed by atoms with E-state index in [9.17, 15) is 4.79 Å². The second kappa shape index (κ2) is 5.67. The molecule has 1 aliphatic heterocycles. The minimum Gasteiger partial charge on any atom is -0.481 e. The second-order valence-corrected chi connectivity index (χ2v) is 5.27. The van der Waals surface area contributed by atoms with Crippen LogP contribution in [0.4, 0.5) is 0 Å². The molecule has 0 aliphatic carbocycles. The fourth-order valence-electron chi connectivity index (χ4n) is 2.69. The first kappa shape index (κ1) is 13.5. The van der Waals surface area contributed by atoms with Crippen molar-refractivity contribution in [3.8, 4) is 0 Å². The molecular weight excluding hydrogens is 202 g/mol. The van der Waals surface area contributed by atoms with Gasteiger partial charge in [0.2, 0.25) is 0 Å². The Labute approximate surface area is 98.8 Å². The van der Waals surface area contributed by atoms with Gasteiger partial charge in [-0.25, -0.2) is 0 Å². The lowest BCUT2D eigenvalue weighted by Gasteiger charge is -2.42. The zero-order valence-corrected chi connectivity index (χ0v) is 10.9. The molecule has 1 aliphatic rings. The van der Waals surface area contributed by atoms with Crippen LogP contribution >= 0.6 is 0 Å². The van der Waals surface area contributed by atoms with Gasteiger partial charge >= 0.3 is 5.97 Å². The van der Waals surface area contributed by atoms with Crippen LogP contribution in [0, 0.1) is 11.8 Å². The molecule has 1 fully saturated rings. The fourth-order valence-corrected chi connectivity index (χ4v) is 2.69. The molecule has 0 saturated carbocycles. The van der Waals surface area contributed by atoms with E-state index in [1.54, 1.807) is 0 Å². The number of piperidine rings is 1. The van der Waals surface area contributed by atoms with Crippen LogP contribution < -0.4 is 0 Å². The number of hydrogen-bond acceptors (Lipinski definition) is 2. The van der Waals surface area contributed by atoms with Gasteiger partial charge in [0, 0.05) is 12.1 Å². The summed E-state index contributed by atoms with van der Waals surface area (Å²) in [7, 11) is 0. The van der Waals surface area contributed by atoms with Crippen LogP contribution in [0.5, 0.6) is 0 Å². The molecule has 4 unspecified atom stereocenters. The molecule has 0 aromatic heterocycles. The summed E-state index contributed by atoms with van der Waals surface area (Å²) < 4.78 is 0. The first-order chi connectivity index (χ1) is 7.47. The number of likely N-dealkylation sites (tertiary alicyclic amines) is 1. The van der Waals surface area contributed by atoms with Crippen LogP contribution in [0.15, 0.2) is 0 Å². The minimum absolute atomic E-state index is 0.129. The smallest absolute Gasteiger partial charge is 0.306 e. The van der Waals surface area contributed by atoms with Crippen molar-refractivity contribution < 1.29 is 9.90 Å². The van der Waals surface area contributed by atoms with Gasteiger partial charge in [0.15, 0.2) is 0 Å². The zero-order chi connectivity index (χ0) is 12.3. The number of hydrogen-bond donors (Lipinski definition) is 1. The molecule has 0 bridgehead atoms. The molecule has 4 atom stereocenters. The zero-order valence-electron chi connectivity index (χ0n) is 10.9. The van der Waals surface area contributed by atoms with Crippen molar-refractivity contribution >= 4 is 5.97 Å². The third kappa shape index (κ3) is 2.97. The number of carboxylic acid groups (broad SMARTS) is 1. The highest BCUT2D eigenvalue weighted by molar-refractivity contribution is 5.70. The molecule has 3 nitrogen and oxygen atoms in total. The fraction of sp³-hybridized carbons (Fsp3) is 0.923. The van der Waals surface area contributed by atoms with Crippen molar-refractivity contribution in [1.82, 2.24) is 4.90 Å². The number of aliphatic carboxylic acids is 1. The molecule has 0 aromatic carbocycles. The van der Waals surface area contributed by atoms with Crippen LogP contribution in [-0.2, 0) is 4.79 Å². The number of nitrogens with zero attached hydrogens (tertiary/aromatic N) is 1. The summed E-state index contributed by atoms with van der Waals surface area (Å²) in [5, 5.41) is 9.02. The molecular formula is C13H25NO2. The van der Waals surface area contributed by atoms with E-state index in [2.05, 4.69) is 32.6 Å².